The van der Waals surface area contributed by atoms with Gasteiger partial charge in [-0.3, -0.25) is 0 Å². The molecule has 0 unspecified atom stereocenters. The van der Waals surface area contributed by atoms with Crippen molar-refractivity contribution in [2.24, 2.45) is 0 Å². The number of carbonyl (C=O) groups is 1. The number of benzene rings is 2. The fourth-order valence-corrected chi connectivity index (χ4v) is 3.68. The first kappa shape index (κ1) is 21.3. The van der Waals surface area contributed by atoms with E-state index in [2.05, 4.69) is 20.8 Å². The van der Waals surface area contributed by atoms with Crippen LogP contribution in [-0.2, 0) is 24.3 Å². The van der Waals surface area contributed by atoms with Gasteiger partial charge in [0.05, 0.1) is 18.2 Å². The molecule has 2 aromatic carbocycles. The predicted octanol–water partition coefficient (Wildman–Crippen LogP) is 4.43. The Bertz CT molecular complexity index is 1160. The SMILES string of the molecule is COC(=O)c1ccc(COc2ccc(/C=C(\C#N)c3nnc4n3CCCCC4)cc2)cc1. The fourth-order valence-electron chi connectivity index (χ4n) is 3.68. The number of aryl methyl sites for hydroxylation is 1. The third-order valence-corrected chi connectivity index (χ3v) is 5.44. The summed E-state index contributed by atoms with van der Waals surface area (Å²) in [4.78, 5) is 11.5. The van der Waals surface area contributed by atoms with E-state index in [1.54, 1.807) is 12.1 Å². The molecule has 0 radical (unpaired) electrons. The Morgan fingerprint density at radius 2 is 1.88 bits per heavy atom. The van der Waals surface area contributed by atoms with E-state index in [9.17, 15) is 10.1 Å². The van der Waals surface area contributed by atoms with Crippen molar-refractivity contribution in [1.82, 2.24) is 14.8 Å². The average molecular weight is 428 g/mol. The molecule has 2 heterocycles. The van der Waals surface area contributed by atoms with Crippen molar-refractivity contribution in [2.75, 3.05) is 7.11 Å². The van der Waals surface area contributed by atoms with Crippen LogP contribution in [0.3, 0.4) is 0 Å². The number of rotatable bonds is 6. The van der Waals surface area contributed by atoms with E-state index in [0.29, 0.717) is 29.3 Å². The molecule has 0 saturated heterocycles. The van der Waals surface area contributed by atoms with Crippen molar-refractivity contribution in [2.45, 2.75) is 38.8 Å². The van der Waals surface area contributed by atoms with E-state index in [-0.39, 0.29) is 5.97 Å². The topological polar surface area (TPSA) is 90.0 Å². The molecule has 0 atom stereocenters. The first-order valence-corrected chi connectivity index (χ1v) is 10.6. The van der Waals surface area contributed by atoms with Gasteiger partial charge in [0.2, 0.25) is 0 Å². The maximum Gasteiger partial charge on any atom is 0.337 e. The van der Waals surface area contributed by atoms with Gasteiger partial charge in [-0.15, -0.1) is 10.2 Å². The Morgan fingerprint density at radius 3 is 2.59 bits per heavy atom. The van der Waals surface area contributed by atoms with Gasteiger partial charge in [0.15, 0.2) is 5.82 Å². The first-order valence-electron chi connectivity index (χ1n) is 10.6. The lowest BCUT2D eigenvalue weighted by Gasteiger charge is -2.08. The lowest BCUT2D eigenvalue weighted by atomic mass is 10.1. The van der Waals surface area contributed by atoms with Gasteiger partial charge in [0.1, 0.15) is 24.3 Å². The van der Waals surface area contributed by atoms with Gasteiger partial charge in [-0.25, -0.2) is 4.79 Å². The molecule has 4 rings (SSSR count). The number of aromatic nitrogens is 3. The summed E-state index contributed by atoms with van der Waals surface area (Å²) in [5.41, 5.74) is 2.85. The van der Waals surface area contributed by atoms with Gasteiger partial charge in [-0.1, -0.05) is 30.7 Å². The number of hydrogen-bond donors (Lipinski definition) is 0. The van der Waals surface area contributed by atoms with E-state index in [1.165, 1.54) is 13.5 Å². The summed E-state index contributed by atoms with van der Waals surface area (Å²) in [6, 6.07) is 16.9. The van der Waals surface area contributed by atoms with Gasteiger partial charge in [0, 0.05) is 13.0 Å². The molecular formula is C25H24N4O3. The Labute approximate surface area is 186 Å². The van der Waals surface area contributed by atoms with Crippen LogP contribution < -0.4 is 4.74 Å². The summed E-state index contributed by atoms with van der Waals surface area (Å²) < 4.78 is 12.6. The summed E-state index contributed by atoms with van der Waals surface area (Å²) in [6.07, 6.45) is 6.10. The van der Waals surface area contributed by atoms with Crippen LogP contribution >= 0.6 is 0 Å². The van der Waals surface area contributed by atoms with Crippen molar-refractivity contribution in [1.29, 1.82) is 5.26 Å². The highest BCUT2D eigenvalue weighted by molar-refractivity contribution is 5.89. The van der Waals surface area contributed by atoms with E-state index >= 15 is 0 Å². The van der Waals surface area contributed by atoms with Crippen LogP contribution in [0.15, 0.2) is 48.5 Å². The van der Waals surface area contributed by atoms with Gasteiger partial charge in [0.25, 0.3) is 0 Å². The summed E-state index contributed by atoms with van der Waals surface area (Å²) in [5.74, 6) is 1.95. The molecule has 7 heteroatoms. The van der Waals surface area contributed by atoms with E-state index in [4.69, 9.17) is 9.47 Å². The van der Waals surface area contributed by atoms with Crippen molar-refractivity contribution in [3.05, 3.63) is 76.9 Å². The zero-order valence-electron chi connectivity index (χ0n) is 18.0. The van der Waals surface area contributed by atoms with Crippen LogP contribution in [0.2, 0.25) is 0 Å². The monoisotopic (exact) mass is 428 g/mol. The van der Waals surface area contributed by atoms with E-state index < -0.39 is 0 Å². The summed E-state index contributed by atoms with van der Waals surface area (Å²) in [5, 5.41) is 18.3. The molecule has 0 spiro atoms. The number of esters is 1. The maximum atomic E-state index is 11.5. The van der Waals surface area contributed by atoms with E-state index in [1.807, 2.05) is 42.5 Å². The zero-order valence-corrected chi connectivity index (χ0v) is 18.0. The number of carbonyl (C=O) groups excluding carboxylic acids is 1. The molecule has 1 aliphatic rings. The van der Waals surface area contributed by atoms with Crippen LogP contribution in [0, 0.1) is 11.3 Å². The first-order chi connectivity index (χ1) is 15.7. The molecule has 1 aromatic heterocycles. The standard InChI is InChI=1S/C25H24N4O3/c1-31-25(30)20-10-6-19(7-11-20)17-32-22-12-8-18(9-13-22)15-21(16-26)24-28-27-23-5-3-2-4-14-29(23)24/h6-13,15H,2-5,14,17H2,1H3/b21-15+. The van der Waals surface area contributed by atoms with Gasteiger partial charge in [-0.05, 0) is 54.3 Å². The van der Waals surface area contributed by atoms with Crippen molar-refractivity contribution >= 4 is 17.6 Å². The smallest absolute Gasteiger partial charge is 0.337 e. The minimum absolute atomic E-state index is 0.361. The largest absolute Gasteiger partial charge is 0.489 e. The number of fused-ring (bicyclic) bond motifs is 1. The van der Waals surface area contributed by atoms with Gasteiger partial charge < -0.3 is 14.0 Å². The second kappa shape index (κ2) is 9.92. The van der Waals surface area contributed by atoms with Crippen molar-refractivity contribution < 1.29 is 14.3 Å². The Morgan fingerprint density at radius 1 is 1.09 bits per heavy atom. The van der Waals surface area contributed by atoms with Crippen molar-refractivity contribution in [3.8, 4) is 11.8 Å². The lowest BCUT2D eigenvalue weighted by Crippen LogP contribution is -2.05. The highest BCUT2D eigenvalue weighted by Crippen LogP contribution is 2.22. The van der Waals surface area contributed by atoms with Crippen LogP contribution in [0.5, 0.6) is 5.75 Å². The van der Waals surface area contributed by atoms with Crippen LogP contribution in [0.4, 0.5) is 0 Å². The molecule has 7 nitrogen and oxygen atoms in total. The number of methoxy groups -OCH3 is 1. The summed E-state index contributed by atoms with van der Waals surface area (Å²) in [6.45, 7) is 1.23. The third-order valence-electron chi connectivity index (χ3n) is 5.44. The Balaban J connectivity index is 1.43. The molecule has 0 aliphatic carbocycles. The molecular weight excluding hydrogens is 404 g/mol. The molecule has 0 fully saturated rings. The predicted molar refractivity (Wildman–Crippen MR) is 120 cm³/mol. The number of nitriles is 1. The average Bonchev–Trinajstić information content (AvgIpc) is 3.09. The normalized spacial score (nSPS) is 13.6. The zero-order chi connectivity index (χ0) is 22.3. The molecule has 1 aliphatic heterocycles. The molecule has 162 valence electrons. The molecule has 3 aromatic rings. The fraction of sp³-hybridized carbons (Fsp3) is 0.280. The second-order valence-corrected chi connectivity index (χ2v) is 7.62. The quantitative estimate of drug-likeness (QED) is 0.426. The maximum absolute atomic E-state index is 11.5. The lowest BCUT2D eigenvalue weighted by molar-refractivity contribution is 0.0600. The second-order valence-electron chi connectivity index (χ2n) is 7.62. The Kier molecular flexibility index (Phi) is 6.61. The van der Waals surface area contributed by atoms with Crippen LogP contribution in [0.1, 0.15) is 52.4 Å². The number of ether oxygens (including phenoxy) is 2. The molecule has 0 saturated carbocycles. The highest BCUT2D eigenvalue weighted by Gasteiger charge is 2.17. The summed E-state index contributed by atoms with van der Waals surface area (Å²) in [7, 11) is 1.36. The van der Waals surface area contributed by atoms with Crippen molar-refractivity contribution in [3.63, 3.8) is 0 Å². The minimum atomic E-state index is -0.361. The Hall–Kier alpha value is -3.92. The van der Waals surface area contributed by atoms with Gasteiger partial charge >= 0.3 is 5.97 Å². The van der Waals surface area contributed by atoms with Crippen LogP contribution in [0.25, 0.3) is 11.6 Å². The van der Waals surface area contributed by atoms with Gasteiger partial charge in [-0.2, -0.15) is 5.26 Å². The minimum Gasteiger partial charge on any atom is -0.489 e. The molecule has 32 heavy (non-hydrogen) atoms. The number of nitrogens with zero attached hydrogens (tertiary/aromatic N) is 4. The van der Waals surface area contributed by atoms with Crippen LogP contribution in [-0.4, -0.2) is 27.8 Å². The van der Waals surface area contributed by atoms with E-state index in [0.717, 1.165) is 42.8 Å². The molecule has 0 amide bonds. The highest BCUT2D eigenvalue weighted by atomic mass is 16.5. The number of hydrogen-bond acceptors (Lipinski definition) is 6. The molecule has 0 N–H and O–H groups in total. The number of allylic oxidation sites excluding steroid dienone is 1. The molecule has 0 bridgehead atoms. The summed E-state index contributed by atoms with van der Waals surface area (Å²) >= 11 is 0. The third kappa shape index (κ3) is 4.86.